The summed E-state index contributed by atoms with van der Waals surface area (Å²) in [6.45, 7) is 4.91. The Morgan fingerprint density at radius 1 is 1.64 bits per heavy atom. The van der Waals surface area contributed by atoms with Crippen molar-refractivity contribution in [2.75, 3.05) is 0 Å². The van der Waals surface area contributed by atoms with Gasteiger partial charge in [-0.25, -0.2) is 0 Å². The molecule has 0 atom stereocenters. The van der Waals surface area contributed by atoms with Crippen molar-refractivity contribution in [2.45, 2.75) is 26.6 Å². The minimum atomic E-state index is 0.918. The Morgan fingerprint density at radius 3 is 3.09 bits per heavy atom. The topological polar surface area (TPSA) is 29.9 Å². The second-order valence-electron chi connectivity index (χ2n) is 2.64. The van der Waals surface area contributed by atoms with Crippen molar-refractivity contribution in [3.05, 3.63) is 15.9 Å². The summed E-state index contributed by atoms with van der Waals surface area (Å²) in [4.78, 5) is 0. The van der Waals surface area contributed by atoms with Crippen LogP contribution in [-0.4, -0.2) is 9.78 Å². The van der Waals surface area contributed by atoms with Crippen LogP contribution >= 0.6 is 15.9 Å². The summed E-state index contributed by atoms with van der Waals surface area (Å²) < 4.78 is 3.13. The smallest absolute Gasteiger partial charge is 0.108 e. The number of aryl methyl sites for hydroxylation is 1. The van der Waals surface area contributed by atoms with Crippen LogP contribution in [0.4, 0.5) is 0 Å². The molecule has 0 amide bonds. The van der Waals surface area contributed by atoms with Gasteiger partial charge in [0.15, 0.2) is 0 Å². The van der Waals surface area contributed by atoms with Crippen molar-refractivity contribution in [2.24, 2.45) is 0 Å². The first-order valence-corrected chi connectivity index (χ1v) is 4.57. The molecule has 0 fully saturated rings. The molecule has 11 heavy (non-hydrogen) atoms. The number of hydrogen-bond acceptors (Lipinski definition) is 2. The minimum Gasteiger partial charge on any atom is -0.307 e. The van der Waals surface area contributed by atoms with Crippen LogP contribution in [0.15, 0.2) is 4.60 Å². The number of aromatic nitrogens is 2. The standard InChI is InChI=1S/C7H10BrN3/c1-2-11-7(8)5-3-9-4-6(5)10-11/h9H,2-4H2,1H3. The highest BCUT2D eigenvalue weighted by Gasteiger charge is 2.18. The summed E-state index contributed by atoms with van der Waals surface area (Å²) in [6, 6.07) is 0. The van der Waals surface area contributed by atoms with E-state index in [1.807, 2.05) is 4.68 Å². The second-order valence-corrected chi connectivity index (χ2v) is 3.39. The highest BCUT2D eigenvalue weighted by Crippen LogP contribution is 2.23. The molecular weight excluding hydrogens is 206 g/mol. The quantitative estimate of drug-likeness (QED) is 0.766. The first-order valence-electron chi connectivity index (χ1n) is 3.77. The summed E-state index contributed by atoms with van der Waals surface area (Å²) in [6.07, 6.45) is 0. The summed E-state index contributed by atoms with van der Waals surface area (Å²) in [5.74, 6) is 0. The van der Waals surface area contributed by atoms with E-state index in [0.717, 1.165) is 24.2 Å². The zero-order chi connectivity index (χ0) is 7.84. The van der Waals surface area contributed by atoms with E-state index in [-0.39, 0.29) is 0 Å². The van der Waals surface area contributed by atoms with Gasteiger partial charge in [0.05, 0.1) is 5.69 Å². The monoisotopic (exact) mass is 215 g/mol. The summed E-state index contributed by atoms with van der Waals surface area (Å²) in [5, 5.41) is 7.67. The SMILES string of the molecule is CCn1nc2c(c1Br)CNC2. The van der Waals surface area contributed by atoms with Crippen LogP contribution in [-0.2, 0) is 19.6 Å². The van der Waals surface area contributed by atoms with E-state index >= 15 is 0 Å². The third-order valence-electron chi connectivity index (χ3n) is 1.96. The molecule has 1 N–H and O–H groups in total. The third-order valence-corrected chi connectivity index (χ3v) is 2.85. The molecule has 3 nitrogen and oxygen atoms in total. The zero-order valence-corrected chi connectivity index (χ0v) is 7.98. The maximum atomic E-state index is 4.42. The van der Waals surface area contributed by atoms with Crippen LogP contribution < -0.4 is 5.32 Å². The third kappa shape index (κ3) is 1.01. The van der Waals surface area contributed by atoms with Gasteiger partial charge < -0.3 is 5.32 Å². The Kier molecular flexibility index (Phi) is 1.73. The lowest BCUT2D eigenvalue weighted by molar-refractivity contribution is 0.613. The van der Waals surface area contributed by atoms with Crippen LogP contribution in [0.25, 0.3) is 0 Å². The van der Waals surface area contributed by atoms with Crippen molar-refractivity contribution in [1.29, 1.82) is 0 Å². The molecule has 2 heterocycles. The van der Waals surface area contributed by atoms with Gasteiger partial charge in [0.1, 0.15) is 4.60 Å². The Labute approximate surface area is 73.9 Å². The first-order chi connectivity index (χ1) is 5.33. The fraction of sp³-hybridized carbons (Fsp3) is 0.571. The van der Waals surface area contributed by atoms with Gasteiger partial charge in [-0.05, 0) is 22.9 Å². The average molecular weight is 216 g/mol. The van der Waals surface area contributed by atoms with Crippen LogP contribution in [0.5, 0.6) is 0 Å². The molecule has 0 unspecified atom stereocenters. The first kappa shape index (κ1) is 7.31. The van der Waals surface area contributed by atoms with Crippen LogP contribution in [0.1, 0.15) is 18.2 Å². The Balaban J connectivity index is 2.49. The van der Waals surface area contributed by atoms with Gasteiger partial charge in [-0.3, -0.25) is 4.68 Å². The lowest BCUT2D eigenvalue weighted by Gasteiger charge is -1.98. The molecule has 60 valence electrons. The summed E-state index contributed by atoms with van der Waals surface area (Å²) in [7, 11) is 0. The molecule has 2 rings (SSSR count). The molecule has 1 aromatic rings. The molecule has 0 aromatic carbocycles. The fourth-order valence-corrected chi connectivity index (χ4v) is 2.06. The zero-order valence-electron chi connectivity index (χ0n) is 6.39. The Morgan fingerprint density at radius 2 is 2.45 bits per heavy atom. The van der Waals surface area contributed by atoms with Crippen molar-refractivity contribution in [3.63, 3.8) is 0 Å². The Bertz CT molecular complexity index is 279. The molecule has 0 bridgehead atoms. The van der Waals surface area contributed by atoms with Crippen molar-refractivity contribution in [1.82, 2.24) is 15.1 Å². The second kappa shape index (κ2) is 2.60. The van der Waals surface area contributed by atoms with Gasteiger partial charge in [-0.15, -0.1) is 0 Å². The highest BCUT2D eigenvalue weighted by atomic mass is 79.9. The van der Waals surface area contributed by atoms with Gasteiger partial charge >= 0.3 is 0 Å². The van der Waals surface area contributed by atoms with Crippen molar-refractivity contribution >= 4 is 15.9 Å². The molecule has 1 aromatic heterocycles. The lowest BCUT2D eigenvalue weighted by Crippen LogP contribution is -2.06. The minimum absolute atomic E-state index is 0.918. The molecule has 0 spiro atoms. The molecule has 0 radical (unpaired) electrons. The molecular formula is C7H10BrN3. The van der Waals surface area contributed by atoms with Gasteiger partial charge in [0.25, 0.3) is 0 Å². The Hall–Kier alpha value is -0.350. The summed E-state index contributed by atoms with van der Waals surface area (Å²) in [5.41, 5.74) is 2.52. The van der Waals surface area contributed by atoms with Gasteiger partial charge in [-0.2, -0.15) is 5.10 Å². The predicted molar refractivity (Wildman–Crippen MR) is 46.1 cm³/mol. The van der Waals surface area contributed by atoms with E-state index in [1.165, 1.54) is 11.3 Å². The maximum Gasteiger partial charge on any atom is 0.108 e. The molecule has 0 aliphatic carbocycles. The van der Waals surface area contributed by atoms with E-state index in [9.17, 15) is 0 Å². The van der Waals surface area contributed by atoms with E-state index in [4.69, 9.17) is 0 Å². The number of nitrogens with zero attached hydrogens (tertiary/aromatic N) is 2. The number of halogens is 1. The molecule has 4 heteroatoms. The van der Waals surface area contributed by atoms with Crippen molar-refractivity contribution < 1.29 is 0 Å². The predicted octanol–water partition coefficient (Wildman–Crippen LogP) is 1.27. The number of hydrogen-bond donors (Lipinski definition) is 1. The van der Waals surface area contributed by atoms with E-state index in [2.05, 4.69) is 33.3 Å². The number of fused-ring (bicyclic) bond motifs is 1. The van der Waals surface area contributed by atoms with E-state index in [1.54, 1.807) is 0 Å². The normalized spacial score (nSPS) is 15.5. The van der Waals surface area contributed by atoms with E-state index < -0.39 is 0 Å². The average Bonchev–Trinajstić information content (AvgIpc) is 2.53. The lowest BCUT2D eigenvalue weighted by atomic mass is 10.3. The van der Waals surface area contributed by atoms with Gasteiger partial charge in [0, 0.05) is 25.2 Å². The van der Waals surface area contributed by atoms with Gasteiger partial charge in [0.2, 0.25) is 0 Å². The largest absolute Gasteiger partial charge is 0.307 e. The number of rotatable bonds is 1. The highest BCUT2D eigenvalue weighted by molar-refractivity contribution is 9.10. The maximum absolute atomic E-state index is 4.42. The molecule has 0 saturated carbocycles. The van der Waals surface area contributed by atoms with E-state index in [0.29, 0.717) is 0 Å². The van der Waals surface area contributed by atoms with Crippen molar-refractivity contribution in [3.8, 4) is 0 Å². The fourth-order valence-electron chi connectivity index (χ4n) is 1.36. The molecule has 1 aliphatic heterocycles. The van der Waals surface area contributed by atoms with Crippen LogP contribution in [0.3, 0.4) is 0 Å². The van der Waals surface area contributed by atoms with Gasteiger partial charge in [-0.1, -0.05) is 0 Å². The number of nitrogens with one attached hydrogen (secondary N) is 1. The summed E-state index contributed by atoms with van der Waals surface area (Å²) >= 11 is 3.52. The van der Waals surface area contributed by atoms with Crippen LogP contribution in [0, 0.1) is 0 Å². The molecule has 0 saturated heterocycles. The molecule has 1 aliphatic rings. The van der Waals surface area contributed by atoms with Crippen LogP contribution in [0.2, 0.25) is 0 Å².